The van der Waals surface area contributed by atoms with Crippen LogP contribution in [0.5, 0.6) is 0 Å². The molecule has 1 aromatic rings. The molecule has 0 heterocycles. The van der Waals surface area contributed by atoms with E-state index < -0.39 is 5.60 Å². The summed E-state index contributed by atoms with van der Waals surface area (Å²) in [7, 11) is 0. The number of nitrogens with zero attached hydrogens (tertiary/aromatic N) is 1. The summed E-state index contributed by atoms with van der Waals surface area (Å²) in [6.45, 7) is 9.97. The minimum Gasteiger partial charge on any atom is -0.384 e. The van der Waals surface area contributed by atoms with Gasteiger partial charge in [-0.25, -0.2) is 0 Å². The van der Waals surface area contributed by atoms with Crippen LogP contribution in [0, 0.1) is 5.92 Å². The highest BCUT2D eigenvalue weighted by Gasteiger charge is 2.28. The highest BCUT2D eigenvalue weighted by molar-refractivity contribution is 5.22. The average molecular weight is 292 g/mol. The van der Waals surface area contributed by atoms with E-state index in [1.165, 1.54) is 12.8 Å². The molecule has 3 N–H and O–H groups in total. The molecule has 1 rings (SSSR count). The maximum absolute atomic E-state index is 10.8. The topological polar surface area (TPSA) is 49.5 Å². The van der Waals surface area contributed by atoms with Crippen molar-refractivity contribution in [3.63, 3.8) is 0 Å². The molecular weight excluding hydrogens is 260 g/mol. The van der Waals surface area contributed by atoms with Gasteiger partial charge in [0, 0.05) is 19.6 Å². The lowest BCUT2D eigenvalue weighted by atomic mass is 9.90. The maximum Gasteiger partial charge on any atom is 0.103 e. The second-order valence-corrected chi connectivity index (χ2v) is 5.93. The fraction of sp³-hybridized carbons (Fsp3) is 0.667. The molecule has 0 saturated carbocycles. The van der Waals surface area contributed by atoms with Crippen LogP contribution in [0.15, 0.2) is 30.3 Å². The van der Waals surface area contributed by atoms with Crippen LogP contribution in [-0.2, 0) is 5.60 Å². The van der Waals surface area contributed by atoms with Crippen LogP contribution in [0.25, 0.3) is 0 Å². The van der Waals surface area contributed by atoms with Crippen molar-refractivity contribution in [3.05, 3.63) is 35.9 Å². The Morgan fingerprint density at radius 3 is 2.24 bits per heavy atom. The van der Waals surface area contributed by atoms with Crippen LogP contribution in [-0.4, -0.2) is 36.2 Å². The van der Waals surface area contributed by atoms with Gasteiger partial charge >= 0.3 is 0 Å². The molecule has 0 saturated heterocycles. The van der Waals surface area contributed by atoms with Crippen molar-refractivity contribution in [2.24, 2.45) is 11.7 Å². The van der Waals surface area contributed by atoms with E-state index in [1.54, 1.807) is 0 Å². The normalized spacial score (nSPS) is 14.6. The molecule has 0 fully saturated rings. The lowest BCUT2D eigenvalue weighted by Crippen LogP contribution is -2.40. The van der Waals surface area contributed by atoms with Gasteiger partial charge in [0.2, 0.25) is 0 Å². The molecule has 21 heavy (non-hydrogen) atoms. The Kier molecular flexibility index (Phi) is 7.94. The predicted octanol–water partition coefficient (Wildman–Crippen LogP) is 2.98. The Morgan fingerprint density at radius 1 is 1.14 bits per heavy atom. The average Bonchev–Trinajstić information content (AvgIpc) is 2.55. The van der Waals surface area contributed by atoms with E-state index in [1.807, 2.05) is 30.3 Å². The highest BCUT2D eigenvalue weighted by Crippen LogP contribution is 2.24. The number of benzene rings is 1. The summed E-state index contributed by atoms with van der Waals surface area (Å²) in [5, 5.41) is 10.8. The van der Waals surface area contributed by atoms with Gasteiger partial charge in [0.25, 0.3) is 0 Å². The zero-order chi connectivity index (χ0) is 15.7. The molecule has 1 atom stereocenters. The van der Waals surface area contributed by atoms with Crippen molar-refractivity contribution < 1.29 is 5.11 Å². The van der Waals surface area contributed by atoms with Crippen molar-refractivity contribution >= 4 is 0 Å². The first-order chi connectivity index (χ1) is 10.1. The van der Waals surface area contributed by atoms with Gasteiger partial charge in [-0.2, -0.15) is 0 Å². The van der Waals surface area contributed by atoms with E-state index in [9.17, 15) is 5.11 Å². The standard InChI is InChI=1S/C18H32N2O/c1-4-16(5-2)14-20(6-3)13-12-18(21,15-19)17-10-8-7-9-11-17/h7-11,16,21H,4-6,12-15,19H2,1-3H3. The van der Waals surface area contributed by atoms with Crippen LogP contribution < -0.4 is 5.73 Å². The lowest BCUT2D eigenvalue weighted by molar-refractivity contribution is 0.0245. The zero-order valence-corrected chi connectivity index (χ0v) is 13.9. The van der Waals surface area contributed by atoms with Crippen LogP contribution in [0.3, 0.4) is 0 Å². The fourth-order valence-corrected chi connectivity index (χ4v) is 2.75. The fourth-order valence-electron chi connectivity index (χ4n) is 2.75. The van der Waals surface area contributed by atoms with Gasteiger partial charge in [-0.1, -0.05) is 63.9 Å². The van der Waals surface area contributed by atoms with Crippen LogP contribution in [0.2, 0.25) is 0 Å². The summed E-state index contributed by atoms with van der Waals surface area (Å²) in [6.07, 6.45) is 3.11. The molecule has 3 heteroatoms. The number of nitrogens with two attached hydrogens (primary N) is 1. The smallest absolute Gasteiger partial charge is 0.103 e. The van der Waals surface area contributed by atoms with E-state index in [2.05, 4.69) is 25.7 Å². The van der Waals surface area contributed by atoms with Gasteiger partial charge in [-0.15, -0.1) is 0 Å². The minimum absolute atomic E-state index is 0.263. The first-order valence-electron chi connectivity index (χ1n) is 8.29. The van der Waals surface area contributed by atoms with Gasteiger partial charge in [0.05, 0.1) is 0 Å². The van der Waals surface area contributed by atoms with E-state index >= 15 is 0 Å². The van der Waals surface area contributed by atoms with E-state index in [4.69, 9.17) is 5.73 Å². The summed E-state index contributed by atoms with van der Waals surface area (Å²) in [5.41, 5.74) is 5.86. The maximum atomic E-state index is 10.8. The Balaban J connectivity index is 2.64. The first kappa shape index (κ1) is 18.1. The number of rotatable bonds is 10. The van der Waals surface area contributed by atoms with Crippen molar-refractivity contribution in [1.82, 2.24) is 4.90 Å². The quantitative estimate of drug-likeness (QED) is 0.697. The molecule has 0 aromatic heterocycles. The first-order valence-corrected chi connectivity index (χ1v) is 8.29. The van der Waals surface area contributed by atoms with Gasteiger partial charge in [0.1, 0.15) is 5.60 Å². The molecule has 0 bridgehead atoms. The third-order valence-electron chi connectivity index (χ3n) is 4.61. The molecule has 120 valence electrons. The largest absolute Gasteiger partial charge is 0.384 e. The highest BCUT2D eigenvalue weighted by atomic mass is 16.3. The van der Waals surface area contributed by atoms with E-state index in [0.29, 0.717) is 6.42 Å². The minimum atomic E-state index is -0.914. The molecule has 0 radical (unpaired) electrons. The van der Waals surface area contributed by atoms with Crippen molar-refractivity contribution in [2.45, 2.75) is 45.6 Å². The van der Waals surface area contributed by atoms with Crippen molar-refractivity contribution in [2.75, 3.05) is 26.2 Å². The van der Waals surface area contributed by atoms with Gasteiger partial charge in [-0.3, -0.25) is 0 Å². The molecule has 3 nitrogen and oxygen atoms in total. The summed E-state index contributed by atoms with van der Waals surface area (Å²) in [4.78, 5) is 2.43. The van der Waals surface area contributed by atoms with Crippen molar-refractivity contribution in [3.8, 4) is 0 Å². The number of aliphatic hydroxyl groups is 1. The molecule has 1 unspecified atom stereocenters. The van der Waals surface area contributed by atoms with E-state index in [0.717, 1.165) is 31.1 Å². The van der Waals surface area contributed by atoms with E-state index in [-0.39, 0.29) is 6.54 Å². The van der Waals surface area contributed by atoms with Gasteiger partial charge in [-0.05, 0) is 24.4 Å². The Hall–Kier alpha value is -0.900. The molecule has 0 aliphatic carbocycles. The molecule has 0 aliphatic rings. The van der Waals surface area contributed by atoms with Crippen molar-refractivity contribution in [1.29, 1.82) is 0 Å². The molecule has 0 amide bonds. The molecule has 1 aromatic carbocycles. The Morgan fingerprint density at radius 2 is 1.76 bits per heavy atom. The van der Waals surface area contributed by atoms with Crippen LogP contribution in [0.4, 0.5) is 0 Å². The lowest BCUT2D eigenvalue weighted by Gasteiger charge is -2.32. The number of hydrogen-bond donors (Lipinski definition) is 2. The number of hydrogen-bond acceptors (Lipinski definition) is 3. The Bertz CT molecular complexity index is 378. The summed E-state index contributed by atoms with van der Waals surface area (Å²) < 4.78 is 0. The SMILES string of the molecule is CCC(CC)CN(CC)CCC(O)(CN)c1ccccc1. The monoisotopic (exact) mass is 292 g/mol. The van der Waals surface area contributed by atoms with Crippen LogP contribution >= 0.6 is 0 Å². The third kappa shape index (κ3) is 5.42. The molecular formula is C18H32N2O. The Labute approximate surface area is 130 Å². The third-order valence-corrected chi connectivity index (χ3v) is 4.61. The molecule has 0 spiro atoms. The van der Waals surface area contributed by atoms with Crippen LogP contribution in [0.1, 0.15) is 45.6 Å². The van der Waals surface area contributed by atoms with Gasteiger partial charge < -0.3 is 15.7 Å². The zero-order valence-electron chi connectivity index (χ0n) is 13.9. The predicted molar refractivity (Wildman–Crippen MR) is 90.2 cm³/mol. The second-order valence-electron chi connectivity index (χ2n) is 5.93. The van der Waals surface area contributed by atoms with Gasteiger partial charge in [0.15, 0.2) is 0 Å². The summed E-state index contributed by atoms with van der Waals surface area (Å²) >= 11 is 0. The summed E-state index contributed by atoms with van der Waals surface area (Å²) in [6, 6.07) is 9.80. The summed E-state index contributed by atoms with van der Waals surface area (Å²) in [5.74, 6) is 0.743. The second kappa shape index (κ2) is 9.19. The molecule has 0 aliphatic heterocycles.